The van der Waals surface area contributed by atoms with Crippen molar-refractivity contribution in [3.63, 3.8) is 0 Å². The van der Waals surface area contributed by atoms with E-state index >= 15 is 0 Å². The number of carbonyl (C=O) groups is 1. The summed E-state index contributed by atoms with van der Waals surface area (Å²) in [5.41, 5.74) is 2.31. The van der Waals surface area contributed by atoms with E-state index in [9.17, 15) is 10.1 Å². The number of amides is 1. The molecule has 0 saturated carbocycles. The number of carbonyl (C=O) groups excluding carboxylic acids is 1. The monoisotopic (exact) mass is 382 g/mol. The molecule has 2 aliphatic heterocycles. The molecule has 2 aromatic rings. The third kappa shape index (κ3) is 3.81. The Hall–Kier alpha value is -2.63. The van der Waals surface area contributed by atoms with Gasteiger partial charge >= 0.3 is 0 Å². The topological polar surface area (TPSA) is 94.7 Å². The predicted octanol–water partition coefficient (Wildman–Crippen LogP) is 1.06. The van der Waals surface area contributed by atoms with Crippen molar-refractivity contribution in [2.24, 2.45) is 0 Å². The summed E-state index contributed by atoms with van der Waals surface area (Å²) in [4.78, 5) is 15.0. The molecule has 148 valence electrons. The number of aromatic nitrogens is 2. The lowest BCUT2D eigenvalue weighted by molar-refractivity contribution is -0.138. The van der Waals surface area contributed by atoms with Crippen LogP contribution in [-0.2, 0) is 9.53 Å². The third-order valence-electron chi connectivity index (χ3n) is 5.46. The molecule has 2 fully saturated rings. The minimum Gasteiger partial charge on any atom is -0.364 e. The van der Waals surface area contributed by atoms with E-state index in [1.165, 1.54) is 0 Å². The fourth-order valence-corrected chi connectivity index (χ4v) is 4.11. The van der Waals surface area contributed by atoms with E-state index in [4.69, 9.17) is 4.74 Å². The normalized spacial score (nSPS) is 25.9. The van der Waals surface area contributed by atoms with Gasteiger partial charge in [-0.3, -0.25) is 4.79 Å². The minimum atomic E-state index is -0.515. The molecule has 3 unspecified atom stereocenters. The van der Waals surface area contributed by atoms with Gasteiger partial charge < -0.3 is 20.3 Å². The van der Waals surface area contributed by atoms with Crippen molar-refractivity contribution in [1.82, 2.24) is 20.2 Å². The average Bonchev–Trinajstić information content (AvgIpc) is 3.05. The highest BCUT2D eigenvalue weighted by Crippen LogP contribution is 2.26. The number of nitrogens with zero attached hydrogens (tertiary/aromatic N) is 4. The Balaban J connectivity index is 1.51. The first-order valence-corrected chi connectivity index (χ1v) is 9.94. The fraction of sp³-hybridized carbons (Fsp3) is 0.550. The Bertz CT molecular complexity index is 880. The molecule has 8 nitrogen and oxygen atoms in total. The van der Waals surface area contributed by atoms with Crippen molar-refractivity contribution in [1.29, 1.82) is 5.26 Å². The van der Waals surface area contributed by atoms with E-state index in [1.807, 2.05) is 19.1 Å². The number of ether oxygens (including phenoxy) is 1. The quantitative estimate of drug-likeness (QED) is 0.824. The zero-order chi connectivity index (χ0) is 19.5. The summed E-state index contributed by atoms with van der Waals surface area (Å²) in [5.74, 6) is -0.0402. The summed E-state index contributed by atoms with van der Waals surface area (Å²) in [6.45, 7) is 5.09. The summed E-state index contributed by atoms with van der Waals surface area (Å²) in [5, 5.41) is 20.1. The van der Waals surface area contributed by atoms with Gasteiger partial charge in [0.05, 0.1) is 30.0 Å². The fourth-order valence-electron chi connectivity index (χ4n) is 4.11. The van der Waals surface area contributed by atoms with Crippen LogP contribution in [0.2, 0.25) is 0 Å². The van der Waals surface area contributed by atoms with E-state index < -0.39 is 6.10 Å². The van der Waals surface area contributed by atoms with Gasteiger partial charge in [0.2, 0.25) is 0 Å². The zero-order valence-electron chi connectivity index (χ0n) is 16.1. The molecule has 4 heterocycles. The van der Waals surface area contributed by atoms with E-state index in [1.54, 1.807) is 16.8 Å². The molecule has 2 saturated heterocycles. The summed E-state index contributed by atoms with van der Waals surface area (Å²) in [7, 11) is 0. The summed E-state index contributed by atoms with van der Waals surface area (Å²) >= 11 is 0. The number of hydrogen-bond donors (Lipinski definition) is 2. The number of anilines is 1. The number of morpholine rings is 1. The second-order valence-corrected chi connectivity index (χ2v) is 7.57. The molecular weight excluding hydrogens is 356 g/mol. The number of fused-ring (bicyclic) bond motifs is 1. The Labute approximate surface area is 164 Å². The van der Waals surface area contributed by atoms with Gasteiger partial charge in [-0.05, 0) is 57.5 Å². The summed E-state index contributed by atoms with van der Waals surface area (Å²) < 4.78 is 7.61. The van der Waals surface area contributed by atoms with Crippen LogP contribution in [0.4, 0.5) is 5.69 Å². The lowest BCUT2D eigenvalue weighted by atomic mass is 10.1. The molecule has 0 spiro atoms. The highest BCUT2D eigenvalue weighted by Gasteiger charge is 2.32. The maximum absolute atomic E-state index is 12.9. The van der Waals surface area contributed by atoms with Gasteiger partial charge in [0.15, 0.2) is 6.10 Å². The molecule has 3 atom stereocenters. The molecule has 8 heteroatoms. The number of rotatable bonds is 3. The molecular formula is C20H26N6O2. The first kappa shape index (κ1) is 18.7. The first-order chi connectivity index (χ1) is 13.7. The zero-order valence-corrected chi connectivity index (χ0v) is 16.1. The number of nitriles is 1. The van der Waals surface area contributed by atoms with E-state index in [-0.39, 0.29) is 18.1 Å². The molecule has 2 aromatic heterocycles. The van der Waals surface area contributed by atoms with Crippen LogP contribution in [0.3, 0.4) is 0 Å². The smallest absolute Gasteiger partial charge is 0.251 e. The van der Waals surface area contributed by atoms with Gasteiger partial charge in [-0.25, -0.2) is 4.52 Å². The first-order valence-electron chi connectivity index (χ1n) is 9.94. The average molecular weight is 382 g/mol. The highest BCUT2D eigenvalue weighted by atomic mass is 16.5. The Morgan fingerprint density at radius 1 is 1.32 bits per heavy atom. The SMILES string of the molecule is CC1CN(c2ccc(C#N)n3nccc23)CC(C(=O)NC2CCCNCC2)O1. The van der Waals surface area contributed by atoms with Crippen molar-refractivity contribution >= 4 is 17.1 Å². The van der Waals surface area contributed by atoms with Gasteiger partial charge in [-0.2, -0.15) is 10.4 Å². The Morgan fingerprint density at radius 3 is 3.07 bits per heavy atom. The molecule has 4 rings (SSSR count). The van der Waals surface area contributed by atoms with E-state index in [0.29, 0.717) is 18.8 Å². The summed E-state index contributed by atoms with van der Waals surface area (Å²) in [6.07, 6.45) is 4.12. The van der Waals surface area contributed by atoms with Crippen molar-refractivity contribution < 1.29 is 9.53 Å². The van der Waals surface area contributed by atoms with Crippen LogP contribution in [0.15, 0.2) is 24.4 Å². The van der Waals surface area contributed by atoms with Crippen LogP contribution in [0.1, 0.15) is 31.9 Å². The second kappa shape index (κ2) is 8.17. The van der Waals surface area contributed by atoms with Gasteiger partial charge in [-0.1, -0.05) is 0 Å². The van der Waals surface area contributed by atoms with E-state index in [2.05, 4.69) is 26.7 Å². The molecule has 2 N–H and O–H groups in total. The van der Waals surface area contributed by atoms with Crippen LogP contribution >= 0.6 is 0 Å². The lowest BCUT2D eigenvalue weighted by Crippen LogP contribution is -2.54. The highest BCUT2D eigenvalue weighted by molar-refractivity contribution is 5.83. The summed E-state index contributed by atoms with van der Waals surface area (Å²) in [6, 6.07) is 7.95. The maximum atomic E-state index is 12.9. The molecule has 0 bridgehead atoms. The van der Waals surface area contributed by atoms with Crippen LogP contribution in [0, 0.1) is 11.3 Å². The maximum Gasteiger partial charge on any atom is 0.251 e. The van der Waals surface area contributed by atoms with Crippen molar-refractivity contribution in [2.75, 3.05) is 31.1 Å². The largest absolute Gasteiger partial charge is 0.364 e. The number of hydrogen-bond acceptors (Lipinski definition) is 6. The van der Waals surface area contributed by atoms with Crippen molar-refractivity contribution in [2.45, 2.75) is 44.4 Å². The second-order valence-electron chi connectivity index (χ2n) is 7.57. The van der Waals surface area contributed by atoms with Crippen LogP contribution in [0.25, 0.3) is 5.52 Å². The van der Waals surface area contributed by atoms with Crippen LogP contribution in [0.5, 0.6) is 0 Å². The molecule has 2 aliphatic rings. The lowest BCUT2D eigenvalue weighted by Gasteiger charge is -2.38. The molecule has 0 aliphatic carbocycles. The van der Waals surface area contributed by atoms with Gasteiger partial charge in [0.1, 0.15) is 11.8 Å². The van der Waals surface area contributed by atoms with Gasteiger partial charge in [0, 0.05) is 12.6 Å². The minimum absolute atomic E-state index is 0.0402. The van der Waals surface area contributed by atoms with Crippen molar-refractivity contribution in [3.05, 3.63) is 30.1 Å². The Morgan fingerprint density at radius 2 is 2.21 bits per heavy atom. The molecule has 1 amide bonds. The number of pyridine rings is 1. The standard InChI is InChI=1S/C20H26N6O2/c1-14-12-25(17-5-4-16(11-21)26-18(17)7-10-23-26)13-19(28-14)20(27)24-15-3-2-8-22-9-6-15/h4-5,7,10,14-15,19,22H,2-3,6,8-9,12-13H2,1H3,(H,24,27). The Kier molecular flexibility index (Phi) is 5.46. The molecule has 28 heavy (non-hydrogen) atoms. The molecule has 0 aromatic carbocycles. The van der Waals surface area contributed by atoms with Gasteiger partial charge in [-0.15, -0.1) is 0 Å². The van der Waals surface area contributed by atoms with Crippen LogP contribution < -0.4 is 15.5 Å². The predicted molar refractivity (Wildman–Crippen MR) is 105 cm³/mol. The van der Waals surface area contributed by atoms with E-state index in [0.717, 1.165) is 43.6 Å². The third-order valence-corrected chi connectivity index (χ3v) is 5.46. The molecule has 0 radical (unpaired) electrons. The number of nitrogens with one attached hydrogen (secondary N) is 2. The van der Waals surface area contributed by atoms with Crippen LogP contribution in [-0.4, -0.2) is 60.0 Å². The van der Waals surface area contributed by atoms with Crippen molar-refractivity contribution in [3.8, 4) is 6.07 Å². The van der Waals surface area contributed by atoms with Gasteiger partial charge in [0.25, 0.3) is 5.91 Å².